The van der Waals surface area contributed by atoms with Gasteiger partial charge in [0.05, 0.1) is 11.5 Å². The Hall–Kier alpha value is -1.40. The summed E-state index contributed by atoms with van der Waals surface area (Å²) in [5, 5.41) is 0. The van der Waals surface area contributed by atoms with E-state index in [4.69, 9.17) is 4.74 Å². The molecule has 0 aliphatic heterocycles. The maximum absolute atomic E-state index is 12.5. The van der Waals surface area contributed by atoms with E-state index in [0.29, 0.717) is 18.1 Å². The second kappa shape index (κ2) is 6.61. The smallest absolute Gasteiger partial charge is 0.264 e. The van der Waals surface area contributed by atoms with E-state index in [9.17, 15) is 13.2 Å². The van der Waals surface area contributed by atoms with E-state index in [-0.39, 0.29) is 16.9 Å². The predicted molar refractivity (Wildman–Crippen MR) is 88.8 cm³/mol. The quantitative estimate of drug-likeness (QED) is 0.864. The van der Waals surface area contributed by atoms with Gasteiger partial charge in [0.15, 0.2) is 0 Å². The first-order valence-corrected chi connectivity index (χ1v) is 9.32. The van der Waals surface area contributed by atoms with Crippen molar-refractivity contribution in [2.24, 2.45) is 5.92 Å². The monoisotopic (exact) mass is 339 g/mol. The fourth-order valence-electron chi connectivity index (χ4n) is 2.19. The van der Waals surface area contributed by atoms with Gasteiger partial charge < -0.3 is 4.74 Å². The Morgan fingerprint density at radius 2 is 1.96 bits per heavy atom. The molecular weight excluding hydrogens is 314 g/mol. The standard InChI is InChI=1S/C17H25NO4S/c1-12-5-8-14(17(2,3)4)9-15(12)23(20,21)18-16(19)11-22-10-13-6-7-13/h5,8-9,13H,6-7,10-11H2,1-4H3,(H,18,19). The number of rotatable bonds is 6. The molecule has 1 aromatic carbocycles. The van der Waals surface area contributed by atoms with E-state index in [1.165, 1.54) is 0 Å². The average Bonchev–Trinajstić information content (AvgIpc) is 3.21. The molecule has 0 bridgehead atoms. The molecule has 0 unspecified atom stereocenters. The van der Waals surface area contributed by atoms with E-state index in [1.807, 2.05) is 26.8 Å². The van der Waals surface area contributed by atoms with Crippen molar-refractivity contribution in [1.29, 1.82) is 0 Å². The molecule has 0 heterocycles. The van der Waals surface area contributed by atoms with Crippen LogP contribution >= 0.6 is 0 Å². The van der Waals surface area contributed by atoms with Gasteiger partial charge in [0.25, 0.3) is 15.9 Å². The molecule has 0 radical (unpaired) electrons. The van der Waals surface area contributed by atoms with Crippen molar-refractivity contribution in [2.45, 2.75) is 50.8 Å². The zero-order chi connectivity index (χ0) is 17.3. The van der Waals surface area contributed by atoms with Crippen molar-refractivity contribution in [1.82, 2.24) is 4.72 Å². The topological polar surface area (TPSA) is 72.5 Å². The molecule has 1 aromatic rings. The van der Waals surface area contributed by atoms with Crippen LogP contribution in [0.15, 0.2) is 23.1 Å². The third-order valence-electron chi connectivity index (χ3n) is 3.88. The molecule has 1 saturated carbocycles. The van der Waals surface area contributed by atoms with Gasteiger partial charge in [-0.25, -0.2) is 13.1 Å². The molecular formula is C17H25NO4S. The Kier molecular flexibility index (Phi) is 5.16. The van der Waals surface area contributed by atoms with Gasteiger partial charge in [0.1, 0.15) is 6.61 Å². The van der Waals surface area contributed by atoms with Gasteiger partial charge in [-0.3, -0.25) is 4.79 Å². The molecule has 5 nitrogen and oxygen atoms in total. The number of hydrogen-bond donors (Lipinski definition) is 1. The molecule has 0 aromatic heterocycles. The summed E-state index contributed by atoms with van der Waals surface area (Å²) in [5.41, 5.74) is 1.34. The molecule has 1 aliphatic carbocycles. The van der Waals surface area contributed by atoms with Gasteiger partial charge in [-0.1, -0.05) is 32.9 Å². The number of nitrogens with one attached hydrogen (secondary N) is 1. The first kappa shape index (κ1) is 17.9. The molecule has 1 fully saturated rings. The highest BCUT2D eigenvalue weighted by atomic mass is 32.2. The predicted octanol–water partition coefficient (Wildman–Crippen LogP) is 2.52. The van der Waals surface area contributed by atoms with E-state index < -0.39 is 15.9 Å². The minimum absolute atomic E-state index is 0.139. The van der Waals surface area contributed by atoms with Crippen LogP contribution in [-0.4, -0.2) is 27.5 Å². The van der Waals surface area contributed by atoms with Crippen LogP contribution in [0.4, 0.5) is 0 Å². The summed E-state index contributed by atoms with van der Waals surface area (Å²) >= 11 is 0. The second-order valence-electron chi connectivity index (χ2n) is 7.22. The van der Waals surface area contributed by atoms with Crippen molar-refractivity contribution in [3.05, 3.63) is 29.3 Å². The molecule has 128 valence electrons. The lowest BCUT2D eigenvalue weighted by Crippen LogP contribution is -2.34. The first-order valence-electron chi connectivity index (χ1n) is 7.84. The van der Waals surface area contributed by atoms with Gasteiger partial charge >= 0.3 is 0 Å². The highest BCUT2D eigenvalue weighted by molar-refractivity contribution is 7.90. The lowest BCUT2D eigenvalue weighted by atomic mass is 9.87. The fraction of sp³-hybridized carbons (Fsp3) is 0.588. The molecule has 1 aliphatic rings. The Balaban J connectivity index is 2.09. The molecule has 0 saturated heterocycles. The third-order valence-corrected chi connectivity index (χ3v) is 5.39. The van der Waals surface area contributed by atoms with Crippen LogP contribution < -0.4 is 4.72 Å². The highest BCUT2D eigenvalue weighted by Gasteiger charge is 2.24. The lowest BCUT2D eigenvalue weighted by molar-refractivity contribution is -0.124. The van der Waals surface area contributed by atoms with E-state index in [1.54, 1.807) is 19.1 Å². The zero-order valence-electron chi connectivity index (χ0n) is 14.2. The number of benzene rings is 1. The number of ether oxygens (including phenoxy) is 1. The van der Waals surface area contributed by atoms with Crippen LogP contribution in [0.2, 0.25) is 0 Å². The summed E-state index contributed by atoms with van der Waals surface area (Å²) in [5.74, 6) is -0.101. The van der Waals surface area contributed by atoms with Crippen LogP contribution in [-0.2, 0) is 25.0 Å². The van der Waals surface area contributed by atoms with Crippen LogP contribution in [0.1, 0.15) is 44.7 Å². The molecule has 1 N–H and O–H groups in total. The van der Waals surface area contributed by atoms with Gasteiger partial charge in [-0.05, 0) is 48.3 Å². The maximum Gasteiger partial charge on any atom is 0.264 e. The summed E-state index contributed by atoms with van der Waals surface area (Å²) in [6, 6.07) is 5.31. The van der Waals surface area contributed by atoms with Crippen molar-refractivity contribution in [3.63, 3.8) is 0 Å². The van der Waals surface area contributed by atoms with Crippen molar-refractivity contribution >= 4 is 15.9 Å². The SMILES string of the molecule is Cc1ccc(C(C)(C)C)cc1S(=O)(=O)NC(=O)COCC1CC1. The zero-order valence-corrected chi connectivity index (χ0v) is 15.0. The summed E-state index contributed by atoms with van der Waals surface area (Å²) in [4.78, 5) is 12.0. The van der Waals surface area contributed by atoms with Crippen LogP contribution in [0.25, 0.3) is 0 Å². The second-order valence-corrected chi connectivity index (χ2v) is 8.87. The molecule has 0 spiro atoms. The number of carbonyl (C=O) groups is 1. The number of hydrogen-bond acceptors (Lipinski definition) is 4. The normalized spacial score (nSPS) is 15.5. The largest absolute Gasteiger partial charge is 0.371 e. The van der Waals surface area contributed by atoms with E-state index in [0.717, 1.165) is 18.4 Å². The number of sulfonamides is 1. The molecule has 1 amide bonds. The number of amides is 1. The summed E-state index contributed by atoms with van der Waals surface area (Å²) in [7, 11) is -3.89. The lowest BCUT2D eigenvalue weighted by Gasteiger charge is -2.20. The Labute approximate surface area is 138 Å². The van der Waals surface area contributed by atoms with Crippen LogP contribution in [0.5, 0.6) is 0 Å². The van der Waals surface area contributed by atoms with Gasteiger partial charge in [-0.2, -0.15) is 0 Å². The minimum Gasteiger partial charge on any atom is -0.371 e. The highest BCUT2D eigenvalue weighted by Crippen LogP contribution is 2.29. The van der Waals surface area contributed by atoms with Crippen LogP contribution in [0.3, 0.4) is 0 Å². The maximum atomic E-state index is 12.5. The minimum atomic E-state index is -3.89. The number of aryl methyl sites for hydroxylation is 1. The molecule has 23 heavy (non-hydrogen) atoms. The van der Waals surface area contributed by atoms with Crippen LogP contribution in [0, 0.1) is 12.8 Å². The average molecular weight is 339 g/mol. The Bertz CT molecular complexity index is 685. The first-order chi connectivity index (χ1) is 10.6. The Morgan fingerprint density at radius 1 is 1.30 bits per heavy atom. The van der Waals surface area contributed by atoms with Gasteiger partial charge in [0.2, 0.25) is 0 Å². The fourth-order valence-corrected chi connectivity index (χ4v) is 3.44. The van der Waals surface area contributed by atoms with Crippen molar-refractivity contribution in [2.75, 3.05) is 13.2 Å². The third kappa shape index (κ3) is 5.04. The summed E-state index contributed by atoms with van der Waals surface area (Å²) in [6.45, 7) is 8.05. The van der Waals surface area contributed by atoms with Gasteiger partial charge in [-0.15, -0.1) is 0 Å². The van der Waals surface area contributed by atoms with E-state index in [2.05, 4.69) is 4.72 Å². The summed E-state index contributed by atoms with van der Waals surface area (Å²) in [6.07, 6.45) is 2.25. The number of carbonyl (C=O) groups excluding carboxylic acids is 1. The van der Waals surface area contributed by atoms with Crippen molar-refractivity contribution < 1.29 is 17.9 Å². The Morgan fingerprint density at radius 3 is 2.52 bits per heavy atom. The van der Waals surface area contributed by atoms with Crippen molar-refractivity contribution in [3.8, 4) is 0 Å². The summed E-state index contributed by atoms with van der Waals surface area (Å²) < 4.78 is 32.3. The molecule has 2 rings (SSSR count). The molecule has 0 atom stereocenters. The van der Waals surface area contributed by atoms with Gasteiger partial charge in [0, 0.05) is 0 Å². The molecule has 6 heteroatoms. The van der Waals surface area contributed by atoms with E-state index >= 15 is 0 Å².